The van der Waals surface area contributed by atoms with Gasteiger partial charge in [0.05, 0.1) is 22.7 Å². The van der Waals surface area contributed by atoms with Gasteiger partial charge in [0.15, 0.2) is 6.04 Å². The molecule has 8 nitrogen and oxygen atoms in total. The van der Waals surface area contributed by atoms with Crippen molar-refractivity contribution in [1.29, 1.82) is 0 Å². The van der Waals surface area contributed by atoms with Gasteiger partial charge in [0.25, 0.3) is 24.2 Å². The maximum absolute atomic E-state index is 14.1. The van der Waals surface area contributed by atoms with Crippen molar-refractivity contribution in [2.75, 3.05) is 18.4 Å². The average Bonchev–Trinajstić information content (AvgIpc) is 3.10. The third kappa shape index (κ3) is 8.81. The van der Waals surface area contributed by atoms with Crippen molar-refractivity contribution in [2.24, 2.45) is 4.99 Å². The second-order valence-electron chi connectivity index (χ2n) is 10.2. The average molecular weight is 602 g/mol. The number of halogens is 7. The number of anilines is 1. The Kier molecular flexibility index (Phi) is 10.3. The first-order chi connectivity index (χ1) is 18.1. The summed E-state index contributed by atoms with van der Waals surface area (Å²) in [5.74, 6) is -5.72. The highest BCUT2D eigenvalue weighted by molar-refractivity contribution is 7.81. The van der Waals surface area contributed by atoms with Crippen LogP contribution in [0.3, 0.4) is 0 Å². The number of pyridine rings is 1. The van der Waals surface area contributed by atoms with E-state index in [9.17, 15) is 45.4 Å². The molecule has 1 saturated heterocycles. The molecule has 2 amide bonds. The molecule has 2 heterocycles. The zero-order valence-corrected chi connectivity index (χ0v) is 23.1. The number of hydrogen-bond donors (Lipinski definition) is 3. The molecule has 1 aliphatic heterocycles. The first kappa shape index (κ1) is 33.3. The summed E-state index contributed by atoms with van der Waals surface area (Å²) in [5.41, 5.74) is -3.09. The molecule has 40 heavy (non-hydrogen) atoms. The molecule has 0 aliphatic carbocycles. The highest BCUT2D eigenvalue weighted by atomic mass is 32.1. The smallest absolute Gasteiger partial charge is 0.389 e. The molecule has 0 radical (unpaired) electrons. The minimum absolute atomic E-state index is 0.221. The number of likely N-dealkylation sites (tertiary alicyclic amines) is 1. The predicted octanol–water partition coefficient (Wildman–Crippen LogP) is 4.07. The fourth-order valence-corrected chi connectivity index (χ4v) is 4.08. The van der Waals surface area contributed by atoms with Crippen LogP contribution >= 0.6 is 12.2 Å². The van der Waals surface area contributed by atoms with Crippen LogP contribution in [0.15, 0.2) is 17.3 Å². The Morgan fingerprint density at radius 3 is 2.38 bits per heavy atom. The van der Waals surface area contributed by atoms with Gasteiger partial charge < -0.3 is 20.6 Å². The number of aromatic nitrogens is 1. The Balaban J connectivity index is 2.53. The summed E-state index contributed by atoms with van der Waals surface area (Å²) >= 11 is 5.29. The third-order valence-corrected chi connectivity index (χ3v) is 6.36. The second kappa shape index (κ2) is 12.3. The van der Waals surface area contributed by atoms with Crippen LogP contribution in [0, 0.1) is 0 Å². The van der Waals surface area contributed by atoms with E-state index in [2.05, 4.69) is 15.3 Å². The Bertz CT molecular complexity index is 1150. The number of nitrogens with one attached hydrogen (secondary N) is 2. The summed E-state index contributed by atoms with van der Waals surface area (Å²) in [6.07, 6.45) is -7.93. The number of alkyl halides is 7. The highest BCUT2D eigenvalue weighted by Crippen LogP contribution is 2.34. The molecular weight excluding hydrogens is 571 g/mol. The van der Waals surface area contributed by atoms with Crippen molar-refractivity contribution >= 4 is 40.4 Å². The minimum Gasteiger partial charge on any atom is -0.389 e. The van der Waals surface area contributed by atoms with Crippen LogP contribution < -0.4 is 10.6 Å². The zero-order chi connectivity index (χ0) is 30.8. The molecule has 2 rings (SSSR count). The molecule has 1 aromatic heterocycles. The van der Waals surface area contributed by atoms with Gasteiger partial charge in [0.1, 0.15) is 11.9 Å². The van der Waals surface area contributed by atoms with E-state index in [1.807, 2.05) is 5.32 Å². The lowest BCUT2D eigenvalue weighted by Crippen LogP contribution is -2.46. The maximum atomic E-state index is 14.1. The molecule has 1 unspecified atom stereocenters. The number of hydrogen-bond acceptors (Lipinski definition) is 7. The van der Waals surface area contributed by atoms with Gasteiger partial charge in [-0.3, -0.25) is 14.6 Å². The van der Waals surface area contributed by atoms with Crippen LogP contribution in [0.1, 0.15) is 58.6 Å². The highest BCUT2D eigenvalue weighted by Gasteiger charge is 2.47. The van der Waals surface area contributed by atoms with Crippen molar-refractivity contribution in [1.82, 2.24) is 15.2 Å². The number of amides is 2. The van der Waals surface area contributed by atoms with Gasteiger partial charge in [-0.2, -0.15) is 13.2 Å². The number of carbonyl (C=O) groups excluding carboxylic acids is 2. The van der Waals surface area contributed by atoms with Gasteiger partial charge >= 0.3 is 6.18 Å². The minimum atomic E-state index is -4.70. The molecule has 1 fully saturated rings. The lowest BCUT2D eigenvalue weighted by Gasteiger charge is -2.26. The van der Waals surface area contributed by atoms with Crippen molar-refractivity contribution in [3.63, 3.8) is 0 Å². The number of aliphatic imine (C=N–C) groups is 1. The summed E-state index contributed by atoms with van der Waals surface area (Å²) in [6, 6.07) is -4.37. The fraction of sp³-hybridized carbons (Fsp3) is 0.625. The Hall–Kier alpha value is -2.88. The molecule has 1 aromatic rings. The molecule has 224 valence electrons. The number of nitrogens with zero attached hydrogens (tertiary/aromatic N) is 3. The van der Waals surface area contributed by atoms with E-state index in [1.54, 1.807) is 0 Å². The van der Waals surface area contributed by atoms with Gasteiger partial charge in [-0.05, 0) is 40.7 Å². The quantitative estimate of drug-likeness (QED) is 0.162. The van der Waals surface area contributed by atoms with Gasteiger partial charge in [0, 0.05) is 36.3 Å². The second-order valence-corrected chi connectivity index (χ2v) is 10.7. The summed E-state index contributed by atoms with van der Waals surface area (Å²) in [4.78, 5) is 33.8. The SMILES string of the molecule is C/C(=N\C(C(=O)N1CC(F)(F)C[C@@H]1C)C(=S)c1cnc(N[C@@H](C)C(F)(F)F)cc1C(F)F)C(=O)NCC(C)(C)O. The predicted molar refractivity (Wildman–Crippen MR) is 137 cm³/mol. The van der Waals surface area contributed by atoms with Crippen molar-refractivity contribution in [3.8, 4) is 0 Å². The standard InChI is InChI=1S/C24H30F7N5O3S/c1-11-7-23(27,28)10-36(11)21(38)17(34-12(2)20(37)33-9-22(4,5)39)18(40)15-8-32-16(6-14(15)19(25)26)35-13(3)24(29,30)31/h6,8,11,13,17,19,39H,7,9-10H2,1-5H3,(H,32,35)(H,33,37)/b34-12+/t11-,13-,17?/m0/s1. The van der Waals surface area contributed by atoms with E-state index in [-0.39, 0.29) is 12.3 Å². The van der Waals surface area contributed by atoms with E-state index >= 15 is 0 Å². The molecular formula is C24H30F7N5O3S. The van der Waals surface area contributed by atoms with Crippen LogP contribution in [0.4, 0.5) is 36.6 Å². The van der Waals surface area contributed by atoms with E-state index in [1.165, 1.54) is 27.7 Å². The first-order valence-electron chi connectivity index (χ1n) is 12.0. The molecule has 3 N–H and O–H groups in total. The maximum Gasteiger partial charge on any atom is 0.408 e. The summed E-state index contributed by atoms with van der Waals surface area (Å²) in [7, 11) is 0. The monoisotopic (exact) mass is 601 g/mol. The summed E-state index contributed by atoms with van der Waals surface area (Å²) in [6.45, 7) is 4.86. The van der Waals surface area contributed by atoms with Crippen molar-refractivity contribution in [2.45, 2.75) is 83.3 Å². The van der Waals surface area contributed by atoms with Crippen LogP contribution in [0.5, 0.6) is 0 Å². The van der Waals surface area contributed by atoms with Gasteiger partial charge in [0.2, 0.25) is 0 Å². The van der Waals surface area contributed by atoms with E-state index in [0.717, 1.165) is 18.0 Å². The topological polar surface area (TPSA) is 107 Å². The summed E-state index contributed by atoms with van der Waals surface area (Å²) < 4.78 is 94.9. The van der Waals surface area contributed by atoms with Crippen LogP contribution in [0.25, 0.3) is 0 Å². The Labute approximate surface area is 231 Å². The number of carbonyl (C=O) groups is 2. The van der Waals surface area contributed by atoms with Crippen LogP contribution in [-0.2, 0) is 9.59 Å². The molecule has 3 atom stereocenters. The molecule has 16 heteroatoms. The molecule has 1 aliphatic rings. The fourth-order valence-electron chi connectivity index (χ4n) is 3.75. The normalized spacial score (nSPS) is 19.4. The number of rotatable bonds is 10. The lowest BCUT2D eigenvalue weighted by molar-refractivity contribution is -0.138. The molecule has 0 bridgehead atoms. The number of thiocarbonyl (C=S) groups is 1. The molecule has 0 spiro atoms. The number of aliphatic hydroxyl groups is 1. The Morgan fingerprint density at radius 2 is 1.90 bits per heavy atom. The van der Waals surface area contributed by atoms with Gasteiger partial charge in [-0.1, -0.05) is 12.2 Å². The van der Waals surface area contributed by atoms with Crippen LogP contribution in [-0.4, -0.2) is 86.3 Å². The third-order valence-electron chi connectivity index (χ3n) is 5.92. The van der Waals surface area contributed by atoms with Crippen molar-refractivity contribution in [3.05, 3.63) is 23.4 Å². The van der Waals surface area contributed by atoms with Gasteiger partial charge in [-0.25, -0.2) is 22.5 Å². The summed E-state index contributed by atoms with van der Waals surface area (Å²) in [5, 5.41) is 14.1. The van der Waals surface area contributed by atoms with Crippen molar-refractivity contribution < 1.29 is 45.4 Å². The van der Waals surface area contributed by atoms with E-state index < -0.39 is 88.8 Å². The van der Waals surface area contributed by atoms with Gasteiger partial charge in [-0.15, -0.1) is 0 Å². The first-order valence-corrected chi connectivity index (χ1v) is 12.4. The van der Waals surface area contributed by atoms with Crippen LogP contribution in [0.2, 0.25) is 0 Å². The van der Waals surface area contributed by atoms with E-state index in [4.69, 9.17) is 12.2 Å². The molecule has 0 saturated carbocycles. The zero-order valence-electron chi connectivity index (χ0n) is 22.2. The van der Waals surface area contributed by atoms with E-state index in [0.29, 0.717) is 6.07 Å². The lowest BCUT2D eigenvalue weighted by atomic mass is 10.0. The Morgan fingerprint density at radius 1 is 1.30 bits per heavy atom. The molecule has 0 aromatic carbocycles. The largest absolute Gasteiger partial charge is 0.408 e.